The number of amides is 1. The van der Waals surface area contributed by atoms with Crippen molar-refractivity contribution in [1.82, 2.24) is 4.98 Å². The Kier molecular flexibility index (Phi) is 6.26. The van der Waals surface area contributed by atoms with E-state index in [1.165, 1.54) is 30.6 Å². The first-order chi connectivity index (χ1) is 15.4. The number of benzene rings is 2. The van der Waals surface area contributed by atoms with E-state index >= 15 is 0 Å². The second kappa shape index (κ2) is 9.11. The van der Waals surface area contributed by atoms with Crippen molar-refractivity contribution < 1.29 is 17.9 Å². The molecule has 0 aliphatic heterocycles. The van der Waals surface area contributed by atoms with Gasteiger partial charge in [-0.3, -0.25) is 9.52 Å². The minimum atomic E-state index is -3.90. The molecule has 0 spiro atoms. The zero-order chi connectivity index (χ0) is 22.7. The Morgan fingerprint density at radius 2 is 1.88 bits per heavy atom. The monoisotopic (exact) mass is 485 g/mol. The number of rotatable bonds is 7. The molecule has 1 amide bonds. The van der Waals surface area contributed by atoms with Crippen LogP contribution in [0.1, 0.15) is 16.1 Å². The molecule has 0 aliphatic rings. The molecule has 0 bridgehead atoms. The van der Waals surface area contributed by atoms with Crippen LogP contribution in [0, 0.1) is 6.92 Å². The van der Waals surface area contributed by atoms with Gasteiger partial charge in [0, 0.05) is 22.0 Å². The first-order valence-electron chi connectivity index (χ1n) is 9.43. The van der Waals surface area contributed by atoms with E-state index in [-0.39, 0.29) is 10.6 Å². The average Bonchev–Trinajstić information content (AvgIpc) is 3.47. The van der Waals surface area contributed by atoms with Crippen LogP contribution >= 0.6 is 22.7 Å². The number of carbonyl (C=O) groups excluding carboxylic acids is 1. The number of aryl methyl sites for hydroxylation is 1. The molecule has 2 heterocycles. The first-order valence-corrected chi connectivity index (χ1v) is 12.7. The highest BCUT2D eigenvalue weighted by atomic mass is 32.2. The third-order valence-electron chi connectivity index (χ3n) is 4.62. The summed E-state index contributed by atoms with van der Waals surface area (Å²) in [6.07, 6.45) is 0. The first kappa shape index (κ1) is 22.0. The van der Waals surface area contributed by atoms with Crippen molar-refractivity contribution in [3.63, 3.8) is 0 Å². The fourth-order valence-corrected chi connectivity index (χ4v) is 5.53. The number of thiophene rings is 1. The Morgan fingerprint density at radius 3 is 2.62 bits per heavy atom. The molecular weight excluding hydrogens is 466 g/mol. The van der Waals surface area contributed by atoms with E-state index in [2.05, 4.69) is 15.0 Å². The molecule has 2 aromatic carbocycles. The van der Waals surface area contributed by atoms with Gasteiger partial charge in [0.25, 0.3) is 15.9 Å². The Bertz CT molecular complexity index is 1360. The minimum absolute atomic E-state index is 0.0153. The number of sulfonamides is 1. The van der Waals surface area contributed by atoms with Crippen LogP contribution in [0.15, 0.2) is 69.6 Å². The van der Waals surface area contributed by atoms with Crippen molar-refractivity contribution in [1.29, 1.82) is 0 Å². The SMILES string of the molecule is COc1ccccc1NS(=O)(=O)c1ccc(C)c(NC(=O)c2csc(-c3ccsc3)n2)c1. The van der Waals surface area contributed by atoms with Gasteiger partial charge in [-0.15, -0.1) is 11.3 Å². The van der Waals surface area contributed by atoms with E-state index in [9.17, 15) is 13.2 Å². The molecule has 0 saturated heterocycles. The number of anilines is 2. The smallest absolute Gasteiger partial charge is 0.275 e. The molecule has 164 valence electrons. The van der Waals surface area contributed by atoms with E-state index in [1.807, 2.05) is 16.8 Å². The molecule has 32 heavy (non-hydrogen) atoms. The van der Waals surface area contributed by atoms with Crippen LogP contribution in [0.5, 0.6) is 5.75 Å². The summed E-state index contributed by atoms with van der Waals surface area (Å²) in [7, 11) is -2.44. The number of methoxy groups -OCH3 is 1. The Morgan fingerprint density at radius 1 is 1.06 bits per heavy atom. The molecule has 2 aromatic heterocycles. The highest BCUT2D eigenvalue weighted by molar-refractivity contribution is 7.92. The highest BCUT2D eigenvalue weighted by Gasteiger charge is 2.19. The van der Waals surface area contributed by atoms with Gasteiger partial charge < -0.3 is 10.1 Å². The van der Waals surface area contributed by atoms with E-state index in [0.717, 1.165) is 16.1 Å². The maximum atomic E-state index is 12.9. The average molecular weight is 486 g/mol. The molecule has 0 atom stereocenters. The summed E-state index contributed by atoms with van der Waals surface area (Å²) >= 11 is 2.94. The number of ether oxygens (including phenoxy) is 1. The molecule has 4 aromatic rings. The third kappa shape index (κ3) is 4.67. The van der Waals surface area contributed by atoms with Gasteiger partial charge in [-0.25, -0.2) is 13.4 Å². The van der Waals surface area contributed by atoms with Crippen molar-refractivity contribution >= 4 is 50.0 Å². The lowest BCUT2D eigenvalue weighted by Gasteiger charge is -2.13. The van der Waals surface area contributed by atoms with Gasteiger partial charge in [-0.1, -0.05) is 18.2 Å². The Hall–Kier alpha value is -3.21. The van der Waals surface area contributed by atoms with Crippen LogP contribution in [0.2, 0.25) is 0 Å². The van der Waals surface area contributed by atoms with Crippen molar-refractivity contribution in [2.24, 2.45) is 0 Å². The summed E-state index contributed by atoms with van der Waals surface area (Å²) in [6.45, 7) is 1.79. The number of hydrogen-bond donors (Lipinski definition) is 2. The number of carbonyl (C=O) groups is 1. The molecule has 2 N–H and O–H groups in total. The number of nitrogens with one attached hydrogen (secondary N) is 2. The maximum absolute atomic E-state index is 12.9. The zero-order valence-electron chi connectivity index (χ0n) is 17.2. The molecule has 0 radical (unpaired) electrons. The molecule has 0 fully saturated rings. The molecule has 10 heteroatoms. The summed E-state index contributed by atoms with van der Waals surface area (Å²) in [5.41, 5.74) is 2.68. The zero-order valence-corrected chi connectivity index (χ0v) is 19.6. The summed E-state index contributed by atoms with van der Waals surface area (Å²) < 4.78 is 33.6. The van der Waals surface area contributed by atoms with Crippen molar-refractivity contribution in [2.45, 2.75) is 11.8 Å². The predicted molar refractivity (Wildman–Crippen MR) is 128 cm³/mol. The lowest BCUT2D eigenvalue weighted by molar-refractivity contribution is 0.102. The summed E-state index contributed by atoms with van der Waals surface area (Å²) in [6, 6.07) is 13.2. The lowest BCUT2D eigenvalue weighted by atomic mass is 10.2. The quantitative estimate of drug-likeness (QED) is 0.373. The molecule has 0 saturated carbocycles. The number of thiazole rings is 1. The topological polar surface area (TPSA) is 97.4 Å². The molecule has 7 nitrogen and oxygen atoms in total. The largest absolute Gasteiger partial charge is 0.495 e. The van der Waals surface area contributed by atoms with Crippen LogP contribution in [-0.2, 0) is 10.0 Å². The molecule has 4 rings (SSSR count). The fourth-order valence-electron chi connectivity index (χ4n) is 2.92. The lowest BCUT2D eigenvalue weighted by Crippen LogP contribution is -2.16. The van der Waals surface area contributed by atoms with Crippen LogP contribution in [0.3, 0.4) is 0 Å². The van der Waals surface area contributed by atoms with Gasteiger partial charge in [-0.2, -0.15) is 11.3 Å². The van der Waals surface area contributed by atoms with Gasteiger partial charge >= 0.3 is 0 Å². The fraction of sp³-hybridized carbons (Fsp3) is 0.0909. The standard InChI is InChI=1S/C22H19N3O4S3/c1-14-7-8-16(32(27,28)25-17-5-3-4-6-20(17)29-2)11-18(14)23-21(26)19-13-31-22(24-19)15-9-10-30-12-15/h3-13,25H,1-2H3,(H,23,26). The number of para-hydroxylation sites is 2. The minimum Gasteiger partial charge on any atom is -0.495 e. The van der Waals surface area contributed by atoms with Gasteiger partial charge in [0.2, 0.25) is 0 Å². The number of nitrogens with zero attached hydrogens (tertiary/aromatic N) is 1. The number of aromatic nitrogens is 1. The Labute approximate surface area is 193 Å². The van der Waals surface area contributed by atoms with Crippen LogP contribution in [0.4, 0.5) is 11.4 Å². The van der Waals surface area contributed by atoms with Gasteiger partial charge in [0.1, 0.15) is 16.5 Å². The summed E-state index contributed by atoms with van der Waals surface area (Å²) in [5, 5.41) is 9.13. The number of hydrogen-bond acceptors (Lipinski definition) is 7. The molecule has 0 unspecified atom stereocenters. The second-order valence-corrected chi connectivity index (χ2v) is 10.1. The predicted octanol–water partition coefficient (Wildman–Crippen LogP) is 5.24. The highest BCUT2D eigenvalue weighted by Crippen LogP contribution is 2.29. The molecule has 0 aliphatic carbocycles. The van der Waals surface area contributed by atoms with E-state index in [0.29, 0.717) is 17.1 Å². The van der Waals surface area contributed by atoms with Gasteiger partial charge in [-0.05, 0) is 48.2 Å². The Balaban J connectivity index is 1.56. The molecular formula is C22H19N3O4S3. The van der Waals surface area contributed by atoms with Crippen LogP contribution in [-0.4, -0.2) is 26.4 Å². The van der Waals surface area contributed by atoms with Gasteiger partial charge in [0.15, 0.2) is 0 Å². The van der Waals surface area contributed by atoms with E-state index in [4.69, 9.17) is 4.74 Å². The van der Waals surface area contributed by atoms with E-state index in [1.54, 1.807) is 54.0 Å². The summed E-state index contributed by atoms with van der Waals surface area (Å²) in [5.74, 6) is -0.000244. The van der Waals surface area contributed by atoms with E-state index < -0.39 is 15.9 Å². The summed E-state index contributed by atoms with van der Waals surface area (Å²) in [4.78, 5) is 17.1. The maximum Gasteiger partial charge on any atom is 0.275 e. The van der Waals surface area contributed by atoms with Crippen LogP contribution in [0.25, 0.3) is 10.6 Å². The van der Waals surface area contributed by atoms with Crippen LogP contribution < -0.4 is 14.8 Å². The second-order valence-electron chi connectivity index (χ2n) is 6.79. The van der Waals surface area contributed by atoms with Crippen molar-refractivity contribution in [3.05, 3.63) is 75.9 Å². The van der Waals surface area contributed by atoms with Crippen molar-refractivity contribution in [2.75, 3.05) is 17.1 Å². The normalized spacial score (nSPS) is 11.2. The third-order valence-corrected chi connectivity index (χ3v) is 7.56. The van der Waals surface area contributed by atoms with Crippen molar-refractivity contribution in [3.8, 4) is 16.3 Å². The van der Waals surface area contributed by atoms with Gasteiger partial charge in [0.05, 0.1) is 17.7 Å².